The van der Waals surface area contributed by atoms with Crippen LogP contribution in [0.1, 0.15) is 61.0 Å². The van der Waals surface area contributed by atoms with Gasteiger partial charge in [0.1, 0.15) is 0 Å². The van der Waals surface area contributed by atoms with E-state index in [1.165, 1.54) is 12.5 Å². The number of nitrogens with zero attached hydrogens (tertiary/aromatic N) is 1. The number of benzene rings is 2. The van der Waals surface area contributed by atoms with Crippen molar-refractivity contribution in [3.05, 3.63) is 65.2 Å². The lowest BCUT2D eigenvalue weighted by Crippen LogP contribution is -2.32. The van der Waals surface area contributed by atoms with E-state index in [9.17, 15) is 9.59 Å². The summed E-state index contributed by atoms with van der Waals surface area (Å²) in [6, 6.07) is 16.0. The first kappa shape index (κ1) is 18.2. The third kappa shape index (κ3) is 4.51. The summed E-state index contributed by atoms with van der Waals surface area (Å²) < 4.78 is 0. The SMILES string of the molecule is CC(=O)Nc1cccc(C(=O)N(Cc2ccc(C(C)C)cc2)C2CC2)c1. The summed E-state index contributed by atoms with van der Waals surface area (Å²) in [5.74, 6) is 0.383. The Morgan fingerprint density at radius 1 is 1.12 bits per heavy atom. The molecule has 0 heterocycles. The van der Waals surface area contributed by atoms with Gasteiger partial charge in [-0.15, -0.1) is 0 Å². The van der Waals surface area contributed by atoms with E-state index in [-0.39, 0.29) is 11.8 Å². The average molecular weight is 350 g/mol. The lowest BCUT2D eigenvalue weighted by atomic mass is 10.0. The van der Waals surface area contributed by atoms with Gasteiger partial charge in [-0.3, -0.25) is 9.59 Å². The van der Waals surface area contributed by atoms with E-state index in [1.807, 2.05) is 11.0 Å². The van der Waals surface area contributed by atoms with Crippen LogP contribution in [0.4, 0.5) is 5.69 Å². The number of carbonyl (C=O) groups is 2. The summed E-state index contributed by atoms with van der Waals surface area (Å²) in [6.07, 6.45) is 2.11. The summed E-state index contributed by atoms with van der Waals surface area (Å²) in [6.45, 7) is 6.44. The zero-order valence-corrected chi connectivity index (χ0v) is 15.7. The lowest BCUT2D eigenvalue weighted by Gasteiger charge is -2.23. The highest BCUT2D eigenvalue weighted by Crippen LogP contribution is 2.30. The molecule has 26 heavy (non-hydrogen) atoms. The van der Waals surface area contributed by atoms with Crippen LogP contribution < -0.4 is 5.32 Å². The molecule has 3 rings (SSSR count). The Bertz CT molecular complexity index is 792. The smallest absolute Gasteiger partial charge is 0.254 e. The number of rotatable bonds is 6. The number of hydrogen-bond acceptors (Lipinski definition) is 2. The normalized spacial score (nSPS) is 13.5. The molecule has 136 valence electrons. The summed E-state index contributed by atoms with van der Waals surface area (Å²) in [7, 11) is 0. The Morgan fingerprint density at radius 2 is 1.81 bits per heavy atom. The zero-order valence-electron chi connectivity index (χ0n) is 15.7. The molecule has 0 aromatic heterocycles. The van der Waals surface area contributed by atoms with Gasteiger partial charge < -0.3 is 10.2 Å². The largest absolute Gasteiger partial charge is 0.331 e. The second-order valence-electron chi connectivity index (χ2n) is 7.32. The van der Waals surface area contributed by atoms with Crippen molar-refractivity contribution in [1.82, 2.24) is 4.90 Å². The molecule has 0 bridgehead atoms. The van der Waals surface area contributed by atoms with E-state index in [1.54, 1.807) is 18.2 Å². The highest BCUT2D eigenvalue weighted by Gasteiger charge is 2.33. The highest BCUT2D eigenvalue weighted by atomic mass is 16.2. The number of nitrogens with one attached hydrogen (secondary N) is 1. The number of carbonyl (C=O) groups excluding carboxylic acids is 2. The molecule has 0 unspecified atom stereocenters. The Kier molecular flexibility index (Phi) is 5.40. The fraction of sp³-hybridized carbons (Fsp3) is 0.364. The third-order valence-corrected chi connectivity index (χ3v) is 4.68. The molecule has 1 aliphatic rings. The molecule has 2 aromatic carbocycles. The van der Waals surface area contributed by atoms with Gasteiger partial charge in [-0.2, -0.15) is 0 Å². The van der Waals surface area contributed by atoms with Crippen LogP contribution in [0.2, 0.25) is 0 Å². The molecule has 2 amide bonds. The molecular formula is C22H26N2O2. The minimum absolute atomic E-state index is 0.0210. The monoisotopic (exact) mass is 350 g/mol. The molecule has 0 atom stereocenters. The van der Waals surface area contributed by atoms with Gasteiger partial charge in [0.15, 0.2) is 0 Å². The molecule has 1 N–H and O–H groups in total. The Hall–Kier alpha value is -2.62. The Labute approximate surface area is 155 Å². The van der Waals surface area contributed by atoms with Crippen LogP contribution >= 0.6 is 0 Å². The Morgan fingerprint density at radius 3 is 2.38 bits per heavy atom. The summed E-state index contributed by atoms with van der Waals surface area (Å²) in [5, 5.41) is 2.74. The zero-order chi connectivity index (χ0) is 18.7. The van der Waals surface area contributed by atoms with Crippen molar-refractivity contribution in [2.75, 3.05) is 5.32 Å². The maximum atomic E-state index is 13.1. The Balaban J connectivity index is 1.77. The van der Waals surface area contributed by atoms with Crippen molar-refractivity contribution in [2.45, 2.75) is 52.1 Å². The highest BCUT2D eigenvalue weighted by molar-refractivity contribution is 5.97. The molecule has 1 fully saturated rings. The van der Waals surface area contributed by atoms with Crippen molar-refractivity contribution in [1.29, 1.82) is 0 Å². The minimum atomic E-state index is -0.140. The molecule has 1 aliphatic carbocycles. The van der Waals surface area contributed by atoms with Gasteiger partial charge in [-0.25, -0.2) is 0 Å². The van der Waals surface area contributed by atoms with Crippen LogP contribution in [-0.2, 0) is 11.3 Å². The van der Waals surface area contributed by atoms with Crippen LogP contribution in [0.15, 0.2) is 48.5 Å². The summed E-state index contributed by atoms with van der Waals surface area (Å²) >= 11 is 0. The number of hydrogen-bond donors (Lipinski definition) is 1. The molecule has 0 radical (unpaired) electrons. The standard InChI is InChI=1S/C22H26N2O2/c1-15(2)18-9-7-17(8-10-18)14-24(21-11-12-21)22(26)19-5-4-6-20(13-19)23-16(3)25/h4-10,13,15,21H,11-12,14H2,1-3H3,(H,23,25). The summed E-state index contributed by atoms with van der Waals surface area (Å²) in [5.41, 5.74) is 3.72. The second-order valence-corrected chi connectivity index (χ2v) is 7.32. The quantitative estimate of drug-likeness (QED) is 0.829. The number of amides is 2. The molecule has 1 saturated carbocycles. The van der Waals surface area contributed by atoms with Crippen molar-refractivity contribution < 1.29 is 9.59 Å². The first-order valence-corrected chi connectivity index (χ1v) is 9.21. The fourth-order valence-electron chi connectivity index (χ4n) is 3.06. The van der Waals surface area contributed by atoms with Gasteiger partial charge in [0, 0.05) is 30.8 Å². The minimum Gasteiger partial charge on any atom is -0.331 e. The average Bonchev–Trinajstić information content (AvgIpc) is 3.44. The van der Waals surface area contributed by atoms with Crippen LogP contribution in [0.25, 0.3) is 0 Å². The molecule has 0 spiro atoms. The van der Waals surface area contributed by atoms with Gasteiger partial charge in [0.25, 0.3) is 5.91 Å². The van der Waals surface area contributed by atoms with Crippen LogP contribution in [-0.4, -0.2) is 22.8 Å². The summed E-state index contributed by atoms with van der Waals surface area (Å²) in [4.78, 5) is 26.3. The lowest BCUT2D eigenvalue weighted by molar-refractivity contribution is -0.114. The van der Waals surface area contributed by atoms with Crippen LogP contribution in [0, 0.1) is 0 Å². The molecule has 4 heteroatoms. The molecule has 0 aliphatic heterocycles. The molecule has 0 saturated heterocycles. The topological polar surface area (TPSA) is 49.4 Å². The first-order valence-electron chi connectivity index (χ1n) is 9.21. The van der Waals surface area contributed by atoms with Gasteiger partial charge in [-0.1, -0.05) is 44.2 Å². The second kappa shape index (κ2) is 7.73. The molecule has 2 aromatic rings. The number of anilines is 1. The maximum absolute atomic E-state index is 13.1. The molecule has 4 nitrogen and oxygen atoms in total. The van der Waals surface area contributed by atoms with E-state index in [0.717, 1.165) is 18.4 Å². The van der Waals surface area contributed by atoms with E-state index in [0.29, 0.717) is 29.8 Å². The van der Waals surface area contributed by atoms with E-state index < -0.39 is 0 Å². The van der Waals surface area contributed by atoms with Crippen molar-refractivity contribution in [3.63, 3.8) is 0 Å². The maximum Gasteiger partial charge on any atom is 0.254 e. The molecular weight excluding hydrogens is 324 g/mol. The first-order chi connectivity index (χ1) is 12.4. The van der Waals surface area contributed by atoms with Gasteiger partial charge >= 0.3 is 0 Å². The van der Waals surface area contributed by atoms with Crippen molar-refractivity contribution in [2.24, 2.45) is 0 Å². The van der Waals surface area contributed by atoms with Gasteiger partial charge in [0.2, 0.25) is 5.91 Å². The van der Waals surface area contributed by atoms with E-state index >= 15 is 0 Å². The predicted octanol–water partition coefficient (Wildman–Crippen LogP) is 4.57. The van der Waals surface area contributed by atoms with Crippen molar-refractivity contribution >= 4 is 17.5 Å². The van der Waals surface area contributed by atoms with E-state index in [4.69, 9.17) is 0 Å². The van der Waals surface area contributed by atoms with Crippen molar-refractivity contribution in [3.8, 4) is 0 Å². The van der Waals surface area contributed by atoms with Crippen LogP contribution in [0.5, 0.6) is 0 Å². The van der Waals surface area contributed by atoms with E-state index in [2.05, 4.69) is 43.4 Å². The predicted molar refractivity (Wildman–Crippen MR) is 104 cm³/mol. The third-order valence-electron chi connectivity index (χ3n) is 4.68. The van der Waals surface area contributed by atoms with Crippen LogP contribution in [0.3, 0.4) is 0 Å². The van der Waals surface area contributed by atoms with Gasteiger partial charge in [-0.05, 0) is 48.1 Å². The van der Waals surface area contributed by atoms with Gasteiger partial charge in [0.05, 0.1) is 0 Å². The fourth-order valence-corrected chi connectivity index (χ4v) is 3.06.